The van der Waals surface area contributed by atoms with Crippen LogP contribution in [-0.4, -0.2) is 0 Å². The summed E-state index contributed by atoms with van der Waals surface area (Å²) in [6, 6.07) is 18.2. The number of hydrogen-bond acceptors (Lipinski definition) is 3. The summed E-state index contributed by atoms with van der Waals surface area (Å²) in [5.41, 5.74) is 26.7. The largest absolute Gasteiger partial charge is 0.399 e. The Bertz CT molecular complexity index is 813. The molecule has 0 radical (unpaired) electrons. The molecule has 144 valence electrons. The predicted molar refractivity (Wildman–Crippen MR) is 121 cm³/mol. The van der Waals surface area contributed by atoms with Gasteiger partial charge >= 0.3 is 0 Å². The van der Waals surface area contributed by atoms with E-state index in [0.29, 0.717) is 0 Å². The third-order valence-electron chi connectivity index (χ3n) is 4.40. The van der Waals surface area contributed by atoms with E-state index >= 15 is 0 Å². The van der Waals surface area contributed by atoms with Crippen molar-refractivity contribution in [2.45, 2.75) is 41.5 Å². The van der Waals surface area contributed by atoms with Crippen LogP contribution in [0.5, 0.6) is 0 Å². The first kappa shape index (κ1) is 22.1. The standard InChI is InChI=1S/3C8H11N/c1-6-3-4-8(9)7(2)5-6;1-6-3-4-7(2)8(9)5-6;1-6-4-3-5-7(2)8(6)9/h3*3-5H,9H2,1-2H3. The molecule has 0 aliphatic rings. The molecule has 0 aliphatic heterocycles. The van der Waals surface area contributed by atoms with Crippen LogP contribution in [0, 0.1) is 41.5 Å². The van der Waals surface area contributed by atoms with E-state index in [2.05, 4.69) is 19.1 Å². The second-order valence-corrected chi connectivity index (χ2v) is 7.03. The van der Waals surface area contributed by atoms with E-state index in [1.807, 2.05) is 77.1 Å². The Labute approximate surface area is 164 Å². The van der Waals surface area contributed by atoms with Crippen molar-refractivity contribution in [1.82, 2.24) is 0 Å². The van der Waals surface area contributed by atoms with Crippen molar-refractivity contribution in [3.05, 3.63) is 88.0 Å². The topological polar surface area (TPSA) is 78.1 Å². The highest BCUT2D eigenvalue weighted by Crippen LogP contribution is 2.14. The zero-order valence-electron chi connectivity index (χ0n) is 17.4. The molecule has 0 saturated carbocycles. The first-order valence-electron chi connectivity index (χ1n) is 9.09. The van der Waals surface area contributed by atoms with E-state index in [1.165, 1.54) is 11.1 Å². The van der Waals surface area contributed by atoms with Gasteiger partial charge in [0.15, 0.2) is 0 Å². The van der Waals surface area contributed by atoms with Crippen molar-refractivity contribution in [3.8, 4) is 0 Å². The van der Waals surface area contributed by atoms with Gasteiger partial charge in [-0.3, -0.25) is 0 Å². The molecule has 27 heavy (non-hydrogen) atoms. The minimum Gasteiger partial charge on any atom is -0.399 e. The average molecular weight is 364 g/mol. The minimum absolute atomic E-state index is 0.876. The predicted octanol–water partition coefficient (Wildman–Crippen LogP) is 5.66. The molecule has 0 aromatic heterocycles. The molecule has 0 unspecified atom stereocenters. The fourth-order valence-corrected chi connectivity index (χ4v) is 2.41. The van der Waals surface area contributed by atoms with Gasteiger partial charge in [0.25, 0.3) is 0 Å². The van der Waals surface area contributed by atoms with Crippen LogP contribution in [0.3, 0.4) is 0 Å². The van der Waals surface area contributed by atoms with Crippen molar-refractivity contribution in [1.29, 1.82) is 0 Å². The molecule has 0 heterocycles. The normalized spacial score (nSPS) is 9.56. The molecule has 6 N–H and O–H groups in total. The Morgan fingerprint density at radius 2 is 1.00 bits per heavy atom. The van der Waals surface area contributed by atoms with Crippen LogP contribution in [0.4, 0.5) is 17.1 Å². The number of hydrogen-bond donors (Lipinski definition) is 3. The van der Waals surface area contributed by atoms with Crippen molar-refractivity contribution in [2.24, 2.45) is 0 Å². The number of anilines is 3. The number of nitrogens with two attached hydrogens (primary N) is 3. The van der Waals surface area contributed by atoms with Crippen LogP contribution in [0.1, 0.15) is 33.4 Å². The number of aryl methyl sites for hydroxylation is 6. The van der Waals surface area contributed by atoms with E-state index in [1.54, 1.807) is 0 Å². The molecule has 0 aliphatic carbocycles. The number of para-hydroxylation sites is 1. The Balaban J connectivity index is 0.000000202. The lowest BCUT2D eigenvalue weighted by atomic mass is 10.1. The van der Waals surface area contributed by atoms with Crippen LogP contribution >= 0.6 is 0 Å². The van der Waals surface area contributed by atoms with Gasteiger partial charge in [0.1, 0.15) is 0 Å². The van der Waals surface area contributed by atoms with Gasteiger partial charge < -0.3 is 17.2 Å². The van der Waals surface area contributed by atoms with Crippen molar-refractivity contribution in [3.63, 3.8) is 0 Å². The highest BCUT2D eigenvalue weighted by molar-refractivity contribution is 5.52. The summed E-state index contributed by atoms with van der Waals surface area (Å²) in [6.07, 6.45) is 0. The molecule has 0 spiro atoms. The van der Waals surface area contributed by atoms with Gasteiger partial charge in [-0.25, -0.2) is 0 Å². The van der Waals surface area contributed by atoms with Gasteiger partial charge in [-0.1, -0.05) is 48.0 Å². The summed E-state index contributed by atoms with van der Waals surface area (Å²) < 4.78 is 0. The van der Waals surface area contributed by atoms with Gasteiger partial charge in [0.05, 0.1) is 0 Å². The van der Waals surface area contributed by atoms with Crippen LogP contribution < -0.4 is 17.2 Å². The van der Waals surface area contributed by atoms with E-state index in [4.69, 9.17) is 17.2 Å². The summed E-state index contributed by atoms with van der Waals surface area (Å²) >= 11 is 0. The SMILES string of the molecule is Cc1ccc(C)c(N)c1.Cc1ccc(N)c(C)c1.Cc1cccc(C)c1N. The lowest BCUT2D eigenvalue weighted by Gasteiger charge is -2.00. The average Bonchev–Trinajstić information content (AvgIpc) is 2.61. The maximum atomic E-state index is 5.68. The lowest BCUT2D eigenvalue weighted by molar-refractivity contribution is 1.39. The second kappa shape index (κ2) is 10.3. The molecular weight excluding hydrogens is 330 g/mol. The van der Waals surface area contributed by atoms with E-state index in [-0.39, 0.29) is 0 Å². The van der Waals surface area contributed by atoms with Gasteiger partial charge in [0, 0.05) is 17.1 Å². The first-order chi connectivity index (χ1) is 12.6. The van der Waals surface area contributed by atoms with Crippen LogP contribution in [0.15, 0.2) is 54.6 Å². The molecule has 3 aromatic carbocycles. The monoisotopic (exact) mass is 363 g/mol. The Morgan fingerprint density at radius 3 is 1.41 bits per heavy atom. The number of rotatable bonds is 0. The molecule has 3 heteroatoms. The summed E-state index contributed by atoms with van der Waals surface area (Å²) in [5, 5.41) is 0. The molecule has 0 saturated heterocycles. The fourth-order valence-electron chi connectivity index (χ4n) is 2.41. The van der Waals surface area contributed by atoms with E-state index in [0.717, 1.165) is 39.3 Å². The quantitative estimate of drug-likeness (QED) is 0.451. The summed E-state index contributed by atoms with van der Waals surface area (Å²) in [5.74, 6) is 0. The maximum absolute atomic E-state index is 5.68. The highest BCUT2D eigenvalue weighted by atomic mass is 14.6. The van der Waals surface area contributed by atoms with E-state index < -0.39 is 0 Å². The van der Waals surface area contributed by atoms with Crippen molar-refractivity contribution >= 4 is 17.1 Å². The molecule has 0 bridgehead atoms. The maximum Gasteiger partial charge on any atom is 0.0373 e. The molecule has 0 amide bonds. The molecule has 0 fully saturated rings. The molecule has 0 atom stereocenters. The Hall–Kier alpha value is -2.94. The summed E-state index contributed by atoms with van der Waals surface area (Å²) in [6.45, 7) is 12.2. The Morgan fingerprint density at radius 1 is 0.481 bits per heavy atom. The third kappa shape index (κ3) is 7.45. The Kier molecular flexibility index (Phi) is 8.40. The van der Waals surface area contributed by atoms with E-state index in [9.17, 15) is 0 Å². The molecule has 3 aromatic rings. The number of benzene rings is 3. The summed E-state index contributed by atoms with van der Waals surface area (Å²) in [7, 11) is 0. The molecule has 3 nitrogen and oxygen atoms in total. The lowest BCUT2D eigenvalue weighted by Crippen LogP contribution is -1.91. The zero-order valence-corrected chi connectivity index (χ0v) is 17.4. The van der Waals surface area contributed by atoms with Crippen molar-refractivity contribution in [2.75, 3.05) is 17.2 Å². The van der Waals surface area contributed by atoms with Crippen LogP contribution in [-0.2, 0) is 0 Å². The van der Waals surface area contributed by atoms with Gasteiger partial charge in [-0.15, -0.1) is 0 Å². The third-order valence-corrected chi connectivity index (χ3v) is 4.40. The summed E-state index contributed by atoms with van der Waals surface area (Å²) in [4.78, 5) is 0. The first-order valence-corrected chi connectivity index (χ1v) is 9.09. The van der Waals surface area contributed by atoms with Crippen molar-refractivity contribution < 1.29 is 0 Å². The van der Waals surface area contributed by atoms with Gasteiger partial charge in [-0.05, 0) is 81.5 Å². The fraction of sp³-hybridized carbons (Fsp3) is 0.250. The number of nitrogen functional groups attached to an aromatic ring is 3. The van der Waals surface area contributed by atoms with Gasteiger partial charge in [-0.2, -0.15) is 0 Å². The second-order valence-electron chi connectivity index (χ2n) is 7.03. The molecular formula is C24H33N3. The molecule has 3 rings (SSSR count). The van der Waals surface area contributed by atoms with Crippen LogP contribution in [0.25, 0.3) is 0 Å². The zero-order chi connectivity index (χ0) is 20.6. The smallest absolute Gasteiger partial charge is 0.0373 e. The van der Waals surface area contributed by atoms with Crippen LogP contribution in [0.2, 0.25) is 0 Å². The minimum atomic E-state index is 0.876. The highest BCUT2D eigenvalue weighted by Gasteiger charge is 1.93. The van der Waals surface area contributed by atoms with Gasteiger partial charge in [0.2, 0.25) is 0 Å².